The lowest BCUT2D eigenvalue weighted by Crippen LogP contribution is -2.41. The summed E-state index contributed by atoms with van der Waals surface area (Å²) in [5, 5.41) is 7.90. The number of piperidine rings is 1. The van der Waals surface area contributed by atoms with Crippen LogP contribution in [-0.4, -0.2) is 29.7 Å². The molecule has 0 aromatic heterocycles. The van der Waals surface area contributed by atoms with Crippen molar-refractivity contribution in [1.29, 1.82) is 5.41 Å². The summed E-state index contributed by atoms with van der Waals surface area (Å²) in [6.45, 7) is 1.27. The van der Waals surface area contributed by atoms with Gasteiger partial charge in [-0.05, 0) is 25.0 Å². The number of halogens is 1. The topological polar surface area (TPSA) is 70.2 Å². The van der Waals surface area contributed by atoms with Gasteiger partial charge < -0.3 is 10.6 Å². The summed E-state index contributed by atoms with van der Waals surface area (Å²) in [7, 11) is 0. The molecular formula is C13H16ClN3O. The largest absolute Gasteiger partial charge is 0.387 e. The molecule has 4 nitrogen and oxygen atoms in total. The third kappa shape index (κ3) is 2.64. The summed E-state index contributed by atoms with van der Waals surface area (Å²) in [5.74, 6) is 0.294. The first-order valence-corrected chi connectivity index (χ1v) is 6.35. The number of carbonyl (C=O) groups excluding carboxylic acids is 1. The lowest BCUT2D eigenvalue weighted by atomic mass is 9.95. The van der Waals surface area contributed by atoms with Gasteiger partial charge in [0.15, 0.2) is 0 Å². The summed E-state index contributed by atoms with van der Waals surface area (Å²) in [6.07, 6.45) is 1.51. The number of hydrogen-bond donors (Lipinski definition) is 2. The normalized spacial score (nSPS) is 16.6. The maximum atomic E-state index is 12.3. The van der Waals surface area contributed by atoms with Crippen LogP contribution in [0.15, 0.2) is 24.3 Å². The molecule has 1 amide bonds. The summed E-state index contributed by atoms with van der Waals surface area (Å²) in [6, 6.07) is 7.07. The van der Waals surface area contributed by atoms with Crippen molar-refractivity contribution in [3.63, 3.8) is 0 Å². The zero-order valence-corrected chi connectivity index (χ0v) is 10.8. The number of hydrogen-bond acceptors (Lipinski definition) is 2. The van der Waals surface area contributed by atoms with Gasteiger partial charge in [0.2, 0.25) is 0 Å². The Morgan fingerprint density at radius 3 is 2.50 bits per heavy atom. The quantitative estimate of drug-likeness (QED) is 0.635. The maximum Gasteiger partial charge on any atom is 0.255 e. The SMILES string of the molecule is N=C(N)C1CCN(C(=O)c2ccccc2Cl)CC1. The fourth-order valence-corrected chi connectivity index (χ4v) is 2.42. The van der Waals surface area contributed by atoms with Crippen molar-refractivity contribution >= 4 is 23.3 Å². The second kappa shape index (κ2) is 5.40. The highest BCUT2D eigenvalue weighted by molar-refractivity contribution is 6.33. The molecule has 0 saturated carbocycles. The van der Waals surface area contributed by atoms with Crippen LogP contribution in [-0.2, 0) is 0 Å². The summed E-state index contributed by atoms with van der Waals surface area (Å²) < 4.78 is 0. The van der Waals surface area contributed by atoms with Crippen LogP contribution in [0.2, 0.25) is 5.02 Å². The lowest BCUT2D eigenvalue weighted by molar-refractivity contribution is 0.0709. The standard InChI is InChI=1S/C13H16ClN3O/c14-11-4-2-1-3-10(11)13(18)17-7-5-9(6-8-17)12(15)16/h1-4,9H,5-8H2,(H3,15,16). The van der Waals surface area contributed by atoms with E-state index in [2.05, 4.69) is 0 Å². The van der Waals surface area contributed by atoms with Crippen molar-refractivity contribution in [3.8, 4) is 0 Å². The number of rotatable bonds is 2. The molecule has 18 heavy (non-hydrogen) atoms. The number of amidine groups is 1. The van der Waals surface area contributed by atoms with Gasteiger partial charge in [0, 0.05) is 19.0 Å². The van der Waals surface area contributed by atoms with Gasteiger partial charge in [0.25, 0.3) is 5.91 Å². The molecule has 1 fully saturated rings. The van der Waals surface area contributed by atoms with Crippen LogP contribution in [0.4, 0.5) is 0 Å². The molecule has 0 atom stereocenters. The molecule has 1 saturated heterocycles. The van der Waals surface area contributed by atoms with E-state index in [1.54, 1.807) is 29.2 Å². The second-order valence-electron chi connectivity index (χ2n) is 4.50. The molecule has 0 bridgehead atoms. The van der Waals surface area contributed by atoms with Crippen LogP contribution in [0.1, 0.15) is 23.2 Å². The molecule has 0 aliphatic carbocycles. The third-order valence-corrected chi connectivity index (χ3v) is 3.66. The smallest absolute Gasteiger partial charge is 0.255 e. The molecule has 3 N–H and O–H groups in total. The van der Waals surface area contributed by atoms with Gasteiger partial charge in [-0.1, -0.05) is 23.7 Å². The van der Waals surface area contributed by atoms with Gasteiger partial charge in [-0.2, -0.15) is 0 Å². The summed E-state index contributed by atoms with van der Waals surface area (Å²) in [5.41, 5.74) is 6.02. The zero-order valence-electron chi connectivity index (χ0n) is 10.0. The predicted octanol–water partition coefficient (Wildman–Crippen LogP) is 2.13. The third-order valence-electron chi connectivity index (χ3n) is 3.33. The number of carbonyl (C=O) groups is 1. The number of benzene rings is 1. The number of nitrogens with one attached hydrogen (secondary N) is 1. The fourth-order valence-electron chi connectivity index (χ4n) is 2.20. The van der Waals surface area contributed by atoms with E-state index in [1.165, 1.54) is 0 Å². The Hall–Kier alpha value is -1.55. The van der Waals surface area contributed by atoms with Crippen molar-refractivity contribution in [1.82, 2.24) is 4.90 Å². The highest BCUT2D eigenvalue weighted by Crippen LogP contribution is 2.22. The number of likely N-dealkylation sites (tertiary alicyclic amines) is 1. The van der Waals surface area contributed by atoms with Gasteiger partial charge in [0.1, 0.15) is 0 Å². The van der Waals surface area contributed by atoms with E-state index in [9.17, 15) is 4.79 Å². The Labute approximate surface area is 111 Å². The van der Waals surface area contributed by atoms with Crippen molar-refractivity contribution in [3.05, 3.63) is 34.9 Å². The predicted molar refractivity (Wildman–Crippen MR) is 72.0 cm³/mol. The molecule has 0 radical (unpaired) electrons. The second-order valence-corrected chi connectivity index (χ2v) is 4.91. The lowest BCUT2D eigenvalue weighted by Gasteiger charge is -2.31. The highest BCUT2D eigenvalue weighted by Gasteiger charge is 2.25. The Morgan fingerprint density at radius 1 is 1.33 bits per heavy atom. The molecule has 1 aliphatic heterocycles. The van der Waals surface area contributed by atoms with E-state index in [0.29, 0.717) is 23.7 Å². The minimum atomic E-state index is -0.0393. The van der Waals surface area contributed by atoms with Crippen LogP contribution < -0.4 is 5.73 Å². The minimum Gasteiger partial charge on any atom is -0.387 e. The van der Waals surface area contributed by atoms with Gasteiger partial charge >= 0.3 is 0 Å². The van der Waals surface area contributed by atoms with Crippen LogP contribution in [0.3, 0.4) is 0 Å². The molecule has 1 aromatic rings. The van der Waals surface area contributed by atoms with E-state index >= 15 is 0 Å². The Morgan fingerprint density at radius 2 is 1.94 bits per heavy atom. The number of nitrogens with two attached hydrogens (primary N) is 1. The average Bonchev–Trinajstić information content (AvgIpc) is 2.38. The van der Waals surface area contributed by atoms with E-state index in [1.807, 2.05) is 0 Å². The molecule has 0 unspecified atom stereocenters. The van der Waals surface area contributed by atoms with Crippen LogP contribution in [0.25, 0.3) is 0 Å². The van der Waals surface area contributed by atoms with Gasteiger partial charge in [-0.15, -0.1) is 0 Å². The van der Waals surface area contributed by atoms with Crippen LogP contribution >= 0.6 is 11.6 Å². The van der Waals surface area contributed by atoms with Crippen molar-refractivity contribution in [2.24, 2.45) is 11.7 Å². The first-order chi connectivity index (χ1) is 8.59. The number of amides is 1. The molecule has 1 heterocycles. The molecular weight excluding hydrogens is 250 g/mol. The van der Waals surface area contributed by atoms with E-state index in [-0.39, 0.29) is 17.7 Å². The fraction of sp³-hybridized carbons (Fsp3) is 0.385. The minimum absolute atomic E-state index is 0.0393. The molecule has 1 aliphatic rings. The van der Waals surface area contributed by atoms with Gasteiger partial charge in [-0.3, -0.25) is 10.2 Å². The Bertz CT molecular complexity index is 467. The molecule has 5 heteroatoms. The zero-order chi connectivity index (χ0) is 13.1. The Kier molecular flexibility index (Phi) is 3.87. The van der Waals surface area contributed by atoms with Crippen molar-refractivity contribution in [2.45, 2.75) is 12.8 Å². The first kappa shape index (κ1) is 12.9. The van der Waals surface area contributed by atoms with E-state index < -0.39 is 0 Å². The monoisotopic (exact) mass is 265 g/mol. The van der Waals surface area contributed by atoms with Crippen LogP contribution in [0, 0.1) is 11.3 Å². The van der Waals surface area contributed by atoms with Crippen molar-refractivity contribution < 1.29 is 4.79 Å². The summed E-state index contributed by atoms with van der Waals surface area (Å²) in [4.78, 5) is 14.0. The van der Waals surface area contributed by atoms with E-state index in [4.69, 9.17) is 22.7 Å². The first-order valence-electron chi connectivity index (χ1n) is 5.97. The molecule has 1 aromatic carbocycles. The highest BCUT2D eigenvalue weighted by atomic mass is 35.5. The molecule has 96 valence electrons. The van der Waals surface area contributed by atoms with Crippen molar-refractivity contribution in [2.75, 3.05) is 13.1 Å². The van der Waals surface area contributed by atoms with E-state index in [0.717, 1.165) is 12.8 Å². The number of nitrogens with zero attached hydrogens (tertiary/aromatic N) is 1. The van der Waals surface area contributed by atoms with Gasteiger partial charge in [-0.25, -0.2) is 0 Å². The average molecular weight is 266 g/mol. The van der Waals surface area contributed by atoms with Crippen LogP contribution in [0.5, 0.6) is 0 Å². The summed E-state index contributed by atoms with van der Waals surface area (Å²) >= 11 is 6.02. The molecule has 0 spiro atoms. The Balaban J connectivity index is 2.04. The maximum absolute atomic E-state index is 12.3. The molecule has 2 rings (SSSR count). The van der Waals surface area contributed by atoms with Gasteiger partial charge in [0.05, 0.1) is 16.4 Å².